The van der Waals surface area contributed by atoms with Crippen molar-refractivity contribution >= 4 is 17.5 Å². The molecule has 0 aliphatic carbocycles. The molecule has 0 aliphatic heterocycles. The highest BCUT2D eigenvalue weighted by Gasteiger charge is 2.05. The monoisotopic (exact) mass is 328 g/mol. The van der Waals surface area contributed by atoms with Gasteiger partial charge in [-0.3, -0.25) is 5.32 Å². The maximum absolute atomic E-state index is 12.0. The Balaban J connectivity index is 1.90. The molecule has 0 spiro atoms. The normalized spacial score (nSPS) is 10.4. The molecule has 0 aliphatic rings. The molecule has 0 saturated heterocycles. The molecule has 0 bridgehead atoms. The molecule has 1 aromatic heterocycles. The van der Waals surface area contributed by atoms with Gasteiger partial charge in [-0.2, -0.15) is 0 Å². The van der Waals surface area contributed by atoms with Crippen molar-refractivity contribution in [1.29, 1.82) is 0 Å². The molecule has 2 N–H and O–H groups in total. The van der Waals surface area contributed by atoms with Gasteiger partial charge in [0.1, 0.15) is 11.6 Å². The Hall–Kier alpha value is -2.76. The number of hydrogen-bond acceptors (Lipinski definition) is 4. The van der Waals surface area contributed by atoms with Crippen LogP contribution in [0, 0.1) is 0 Å². The zero-order chi connectivity index (χ0) is 17.5. The molecule has 0 saturated carbocycles. The van der Waals surface area contributed by atoms with Gasteiger partial charge in [0.25, 0.3) is 0 Å². The van der Waals surface area contributed by atoms with Gasteiger partial charge in [-0.15, -0.1) is 0 Å². The van der Waals surface area contributed by atoms with Gasteiger partial charge in [-0.25, -0.2) is 9.78 Å². The first-order chi connectivity index (χ1) is 11.4. The lowest BCUT2D eigenvalue weighted by Gasteiger charge is -2.14. The van der Waals surface area contributed by atoms with Gasteiger partial charge >= 0.3 is 6.03 Å². The third kappa shape index (κ3) is 5.46. The summed E-state index contributed by atoms with van der Waals surface area (Å²) in [6, 6.07) is 11.1. The molecular weight excluding hydrogens is 304 g/mol. The molecule has 6 nitrogen and oxygen atoms in total. The number of ether oxygens (including phenoxy) is 1. The van der Waals surface area contributed by atoms with Gasteiger partial charge in [0.05, 0.1) is 6.10 Å². The Morgan fingerprint density at radius 3 is 2.75 bits per heavy atom. The van der Waals surface area contributed by atoms with Gasteiger partial charge in [0, 0.05) is 38.6 Å². The second kappa shape index (κ2) is 8.19. The molecular formula is C18H24N4O2. The van der Waals surface area contributed by atoms with Crippen LogP contribution >= 0.6 is 0 Å². The van der Waals surface area contributed by atoms with Crippen molar-refractivity contribution in [1.82, 2.24) is 10.3 Å². The fourth-order valence-electron chi connectivity index (χ4n) is 2.11. The van der Waals surface area contributed by atoms with Crippen molar-refractivity contribution in [3.63, 3.8) is 0 Å². The van der Waals surface area contributed by atoms with Gasteiger partial charge in [-0.05, 0) is 37.6 Å². The highest BCUT2D eigenvalue weighted by atomic mass is 16.5. The quantitative estimate of drug-likeness (QED) is 0.854. The maximum Gasteiger partial charge on any atom is 0.320 e. The third-order valence-corrected chi connectivity index (χ3v) is 3.22. The fourth-order valence-corrected chi connectivity index (χ4v) is 2.11. The van der Waals surface area contributed by atoms with Crippen molar-refractivity contribution in [2.45, 2.75) is 26.5 Å². The minimum Gasteiger partial charge on any atom is -0.491 e. The van der Waals surface area contributed by atoms with E-state index in [2.05, 4.69) is 15.6 Å². The summed E-state index contributed by atoms with van der Waals surface area (Å²) >= 11 is 0. The van der Waals surface area contributed by atoms with E-state index in [9.17, 15) is 4.79 Å². The van der Waals surface area contributed by atoms with E-state index < -0.39 is 0 Å². The second-order valence-electron chi connectivity index (χ2n) is 5.92. The van der Waals surface area contributed by atoms with Crippen LogP contribution in [0.15, 0.2) is 42.6 Å². The summed E-state index contributed by atoms with van der Waals surface area (Å²) in [4.78, 5) is 18.1. The van der Waals surface area contributed by atoms with E-state index in [-0.39, 0.29) is 12.1 Å². The van der Waals surface area contributed by atoms with E-state index in [1.165, 1.54) is 0 Å². The van der Waals surface area contributed by atoms with Crippen molar-refractivity contribution in [3.05, 3.63) is 48.2 Å². The number of carbonyl (C=O) groups is 1. The molecule has 0 radical (unpaired) electrons. The highest BCUT2D eigenvalue weighted by molar-refractivity contribution is 5.88. The molecule has 0 unspecified atom stereocenters. The fraction of sp³-hybridized carbons (Fsp3) is 0.333. The van der Waals surface area contributed by atoms with E-state index in [0.717, 1.165) is 17.0 Å². The molecule has 2 amide bonds. The number of benzene rings is 1. The first-order valence-electron chi connectivity index (χ1n) is 7.88. The number of pyridine rings is 1. The minimum atomic E-state index is -0.298. The van der Waals surface area contributed by atoms with Crippen LogP contribution in [0.4, 0.5) is 16.3 Å². The molecule has 2 rings (SSSR count). The first kappa shape index (κ1) is 17.6. The van der Waals surface area contributed by atoms with Crippen LogP contribution in [0.25, 0.3) is 0 Å². The molecule has 2 aromatic rings. The largest absolute Gasteiger partial charge is 0.491 e. The smallest absolute Gasteiger partial charge is 0.320 e. The van der Waals surface area contributed by atoms with Crippen LogP contribution < -0.4 is 20.3 Å². The van der Waals surface area contributed by atoms with Crippen molar-refractivity contribution in [3.8, 4) is 5.75 Å². The summed E-state index contributed by atoms with van der Waals surface area (Å²) < 4.78 is 5.65. The van der Waals surface area contributed by atoms with Crippen LogP contribution in [0.1, 0.15) is 19.4 Å². The lowest BCUT2D eigenvalue weighted by Crippen LogP contribution is -2.28. The van der Waals surface area contributed by atoms with Crippen LogP contribution in [0.3, 0.4) is 0 Å². The van der Waals surface area contributed by atoms with E-state index in [1.807, 2.05) is 69.2 Å². The summed E-state index contributed by atoms with van der Waals surface area (Å²) in [6.07, 6.45) is 1.78. The second-order valence-corrected chi connectivity index (χ2v) is 5.92. The first-order valence-corrected chi connectivity index (χ1v) is 7.88. The summed E-state index contributed by atoms with van der Waals surface area (Å²) in [5, 5.41) is 5.55. The lowest BCUT2D eigenvalue weighted by atomic mass is 10.2. The summed E-state index contributed by atoms with van der Waals surface area (Å²) in [5.41, 5.74) is 1.94. The van der Waals surface area contributed by atoms with Crippen molar-refractivity contribution in [2.24, 2.45) is 0 Å². The highest BCUT2D eigenvalue weighted by Crippen LogP contribution is 2.16. The van der Waals surface area contributed by atoms with E-state index in [1.54, 1.807) is 6.20 Å². The Labute approximate surface area is 142 Å². The average molecular weight is 328 g/mol. The third-order valence-electron chi connectivity index (χ3n) is 3.22. The summed E-state index contributed by atoms with van der Waals surface area (Å²) in [5.74, 6) is 1.31. The number of hydrogen-bond donors (Lipinski definition) is 2. The van der Waals surface area contributed by atoms with Crippen LogP contribution in [0.2, 0.25) is 0 Å². The molecule has 0 atom stereocenters. The topological polar surface area (TPSA) is 66.5 Å². The van der Waals surface area contributed by atoms with Gasteiger partial charge < -0.3 is 15.0 Å². The van der Waals surface area contributed by atoms with Crippen LogP contribution in [0.5, 0.6) is 5.75 Å². The number of amides is 2. The lowest BCUT2D eigenvalue weighted by molar-refractivity contribution is 0.242. The molecule has 1 aromatic carbocycles. The zero-order valence-corrected chi connectivity index (χ0v) is 14.5. The van der Waals surface area contributed by atoms with E-state index in [4.69, 9.17) is 4.74 Å². The van der Waals surface area contributed by atoms with E-state index >= 15 is 0 Å². The molecule has 6 heteroatoms. The molecule has 128 valence electrons. The van der Waals surface area contributed by atoms with Crippen molar-refractivity contribution < 1.29 is 9.53 Å². The molecule has 0 fully saturated rings. The number of nitrogens with zero attached hydrogens (tertiary/aromatic N) is 2. The maximum atomic E-state index is 12.0. The van der Waals surface area contributed by atoms with Gasteiger partial charge in [-0.1, -0.05) is 12.1 Å². The molecule has 24 heavy (non-hydrogen) atoms. The zero-order valence-electron chi connectivity index (χ0n) is 14.5. The Morgan fingerprint density at radius 1 is 1.25 bits per heavy atom. The number of urea groups is 1. The predicted octanol–water partition coefficient (Wildman–Crippen LogP) is 3.26. The van der Waals surface area contributed by atoms with Crippen molar-refractivity contribution in [2.75, 3.05) is 24.3 Å². The summed E-state index contributed by atoms with van der Waals surface area (Å²) in [6.45, 7) is 4.37. The Kier molecular flexibility index (Phi) is 6.01. The summed E-state index contributed by atoms with van der Waals surface area (Å²) in [7, 11) is 3.87. The number of rotatable bonds is 6. The van der Waals surface area contributed by atoms with E-state index in [0.29, 0.717) is 12.4 Å². The standard InChI is InChI=1S/C18H24N4O2/c1-13(2)24-16-7-5-6-14(10-16)12-20-18(23)21-17-11-15(22(3)4)8-9-19-17/h5-11,13H,12H2,1-4H3,(H2,19,20,21,23). The Bertz CT molecular complexity index is 686. The van der Waals surface area contributed by atoms with Gasteiger partial charge in [0.15, 0.2) is 0 Å². The average Bonchev–Trinajstić information content (AvgIpc) is 2.53. The van der Waals surface area contributed by atoms with Crippen LogP contribution in [-0.2, 0) is 6.54 Å². The number of aromatic nitrogens is 1. The predicted molar refractivity (Wildman–Crippen MR) is 96.6 cm³/mol. The SMILES string of the molecule is CC(C)Oc1cccc(CNC(=O)Nc2cc(N(C)C)ccn2)c1. The number of carbonyl (C=O) groups excluding carboxylic acids is 1. The molecule has 1 heterocycles. The number of nitrogens with one attached hydrogen (secondary N) is 2. The minimum absolute atomic E-state index is 0.117. The Morgan fingerprint density at radius 2 is 2.04 bits per heavy atom. The number of anilines is 2. The van der Waals surface area contributed by atoms with Crippen LogP contribution in [-0.4, -0.2) is 31.2 Å². The van der Waals surface area contributed by atoms with Gasteiger partial charge in [0.2, 0.25) is 0 Å².